The smallest absolute Gasteiger partial charge is 0.262 e. The van der Waals surface area contributed by atoms with Gasteiger partial charge in [-0.25, -0.2) is 0 Å². The molecule has 10 heteroatoms. The van der Waals surface area contributed by atoms with Crippen molar-refractivity contribution in [1.29, 1.82) is 0 Å². The maximum absolute atomic E-state index is 13.1. The summed E-state index contributed by atoms with van der Waals surface area (Å²) < 4.78 is 0.645. The second-order valence-corrected chi connectivity index (χ2v) is 8.48. The number of nitrogens with zero attached hydrogens (tertiary/aromatic N) is 1. The van der Waals surface area contributed by atoms with E-state index in [0.717, 1.165) is 4.90 Å². The standard InChI is InChI=1S/C21H15BrClN3O5/c22-12-6-11(7-13(23)8-12)18(28)24-9-10-2-1-3-14-17(10)21(31)26(20(14)30)15-4-5-16(27)25-19(15)29/h1-3,6-8,15H,4-5,9H2,(H,24,28)(H,25,27,29). The van der Waals surface area contributed by atoms with E-state index in [1.54, 1.807) is 24.3 Å². The summed E-state index contributed by atoms with van der Waals surface area (Å²) in [6.07, 6.45) is 0.119. The van der Waals surface area contributed by atoms with Crippen molar-refractivity contribution in [2.75, 3.05) is 0 Å². The SMILES string of the molecule is O=C1CCC(N2C(=O)c3cccc(CNC(=O)c4cc(Cl)cc(Br)c4)c3C2=O)C(=O)N1. The highest BCUT2D eigenvalue weighted by Gasteiger charge is 2.45. The molecule has 1 atom stereocenters. The molecule has 0 spiro atoms. The highest BCUT2D eigenvalue weighted by molar-refractivity contribution is 9.10. The van der Waals surface area contributed by atoms with Gasteiger partial charge in [0.15, 0.2) is 0 Å². The van der Waals surface area contributed by atoms with Crippen LogP contribution < -0.4 is 10.6 Å². The number of halogens is 2. The summed E-state index contributed by atoms with van der Waals surface area (Å²) in [5.74, 6) is -2.73. The Kier molecular flexibility index (Phi) is 5.63. The first kappa shape index (κ1) is 21.2. The maximum atomic E-state index is 13.1. The zero-order valence-corrected chi connectivity index (χ0v) is 18.2. The fraction of sp³-hybridized carbons (Fsp3) is 0.190. The third-order valence-electron chi connectivity index (χ3n) is 5.12. The number of imide groups is 2. The molecule has 0 saturated carbocycles. The van der Waals surface area contributed by atoms with E-state index < -0.39 is 35.6 Å². The number of hydrogen-bond donors (Lipinski definition) is 2. The molecule has 0 aromatic heterocycles. The number of piperidine rings is 1. The van der Waals surface area contributed by atoms with Crippen molar-refractivity contribution in [3.63, 3.8) is 0 Å². The van der Waals surface area contributed by atoms with Crippen molar-refractivity contribution in [3.8, 4) is 0 Å². The molecule has 2 heterocycles. The number of carbonyl (C=O) groups is 5. The van der Waals surface area contributed by atoms with Crippen LogP contribution in [0.15, 0.2) is 40.9 Å². The summed E-state index contributed by atoms with van der Waals surface area (Å²) in [4.78, 5) is 62.9. The largest absolute Gasteiger partial charge is 0.348 e. The summed E-state index contributed by atoms with van der Waals surface area (Å²) in [7, 11) is 0. The molecule has 0 aliphatic carbocycles. The molecule has 2 aliphatic rings. The Hall–Kier alpha value is -3.04. The maximum Gasteiger partial charge on any atom is 0.262 e. The first-order valence-electron chi connectivity index (χ1n) is 9.34. The van der Waals surface area contributed by atoms with Crippen LogP contribution in [0.5, 0.6) is 0 Å². The molecular weight excluding hydrogens is 490 g/mol. The molecule has 158 valence electrons. The van der Waals surface area contributed by atoms with E-state index in [0.29, 0.717) is 20.6 Å². The van der Waals surface area contributed by atoms with E-state index in [2.05, 4.69) is 26.6 Å². The number of carbonyl (C=O) groups excluding carboxylic acids is 5. The van der Waals surface area contributed by atoms with Gasteiger partial charge in [-0.1, -0.05) is 39.7 Å². The molecule has 5 amide bonds. The number of fused-ring (bicyclic) bond motifs is 1. The lowest BCUT2D eigenvalue weighted by molar-refractivity contribution is -0.136. The Balaban J connectivity index is 1.57. The monoisotopic (exact) mass is 503 g/mol. The molecule has 2 N–H and O–H groups in total. The zero-order valence-electron chi connectivity index (χ0n) is 15.9. The Morgan fingerprint density at radius 3 is 2.65 bits per heavy atom. The second-order valence-electron chi connectivity index (χ2n) is 7.13. The minimum absolute atomic E-state index is 0.00561. The quantitative estimate of drug-likeness (QED) is 0.621. The van der Waals surface area contributed by atoms with Gasteiger partial charge in [0.25, 0.3) is 17.7 Å². The van der Waals surface area contributed by atoms with E-state index in [-0.39, 0.29) is 30.5 Å². The highest BCUT2D eigenvalue weighted by Crippen LogP contribution is 2.30. The number of benzene rings is 2. The van der Waals surface area contributed by atoms with E-state index in [1.807, 2.05) is 0 Å². The predicted octanol–water partition coefficient (Wildman–Crippen LogP) is 2.43. The summed E-state index contributed by atoms with van der Waals surface area (Å²) >= 11 is 9.26. The minimum Gasteiger partial charge on any atom is -0.348 e. The molecule has 4 rings (SSSR count). The van der Waals surface area contributed by atoms with E-state index in [4.69, 9.17) is 11.6 Å². The molecule has 2 aromatic carbocycles. The molecule has 31 heavy (non-hydrogen) atoms. The van der Waals surface area contributed by atoms with Crippen LogP contribution in [0.4, 0.5) is 0 Å². The van der Waals surface area contributed by atoms with Crippen molar-refractivity contribution >= 4 is 57.1 Å². The highest BCUT2D eigenvalue weighted by atomic mass is 79.9. The van der Waals surface area contributed by atoms with Gasteiger partial charge in [0.1, 0.15) is 6.04 Å². The van der Waals surface area contributed by atoms with Crippen molar-refractivity contribution in [3.05, 3.63) is 68.1 Å². The molecule has 1 saturated heterocycles. The lowest BCUT2D eigenvalue weighted by Crippen LogP contribution is -2.54. The lowest BCUT2D eigenvalue weighted by atomic mass is 10.0. The summed E-state index contributed by atoms with van der Waals surface area (Å²) in [5.41, 5.74) is 1.08. The van der Waals surface area contributed by atoms with Gasteiger partial charge in [0.2, 0.25) is 11.8 Å². The summed E-state index contributed by atoms with van der Waals surface area (Å²) in [6.45, 7) is -0.00561. The number of amides is 5. The van der Waals surface area contributed by atoms with E-state index in [1.165, 1.54) is 12.1 Å². The molecule has 0 radical (unpaired) electrons. The molecule has 2 aromatic rings. The molecule has 1 unspecified atom stereocenters. The third kappa shape index (κ3) is 3.98. The lowest BCUT2D eigenvalue weighted by Gasteiger charge is -2.27. The van der Waals surface area contributed by atoms with E-state index >= 15 is 0 Å². The average Bonchev–Trinajstić information content (AvgIpc) is 2.97. The topological polar surface area (TPSA) is 113 Å². The Morgan fingerprint density at radius 2 is 1.94 bits per heavy atom. The van der Waals surface area contributed by atoms with Crippen LogP contribution in [0.1, 0.15) is 49.5 Å². The van der Waals surface area contributed by atoms with Gasteiger partial charge in [0, 0.05) is 28.0 Å². The van der Waals surface area contributed by atoms with Crippen LogP contribution in [-0.4, -0.2) is 40.5 Å². The van der Waals surface area contributed by atoms with Gasteiger partial charge >= 0.3 is 0 Å². The average molecular weight is 505 g/mol. The number of rotatable bonds is 4. The summed E-state index contributed by atoms with van der Waals surface area (Å²) in [5, 5.41) is 5.27. The second kappa shape index (κ2) is 8.24. The number of hydrogen-bond acceptors (Lipinski definition) is 5. The summed E-state index contributed by atoms with van der Waals surface area (Å²) in [6, 6.07) is 8.46. The van der Waals surface area contributed by atoms with Crippen LogP contribution in [0, 0.1) is 0 Å². The third-order valence-corrected chi connectivity index (χ3v) is 5.79. The van der Waals surface area contributed by atoms with Crippen LogP contribution in [0.25, 0.3) is 0 Å². The first-order valence-corrected chi connectivity index (χ1v) is 10.5. The van der Waals surface area contributed by atoms with Crippen molar-refractivity contribution in [2.45, 2.75) is 25.4 Å². The van der Waals surface area contributed by atoms with E-state index in [9.17, 15) is 24.0 Å². The Morgan fingerprint density at radius 1 is 1.16 bits per heavy atom. The fourth-order valence-corrected chi connectivity index (χ4v) is 4.55. The van der Waals surface area contributed by atoms with Gasteiger partial charge in [-0.05, 0) is 36.2 Å². The molecule has 8 nitrogen and oxygen atoms in total. The molecule has 0 bridgehead atoms. The molecule has 1 fully saturated rings. The van der Waals surface area contributed by atoms with Crippen molar-refractivity contribution in [2.24, 2.45) is 0 Å². The zero-order chi connectivity index (χ0) is 22.3. The normalized spacial score (nSPS) is 18.1. The predicted molar refractivity (Wildman–Crippen MR) is 113 cm³/mol. The number of nitrogens with one attached hydrogen (secondary N) is 2. The van der Waals surface area contributed by atoms with Gasteiger partial charge in [0.05, 0.1) is 11.1 Å². The first-order chi connectivity index (χ1) is 14.8. The Labute approximate surface area is 190 Å². The fourth-order valence-electron chi connectivity index (χ4n) is 3.69. The van der Waals surface area contributed by atoms with Gasteiger partial charge in [-0.3, -0.25) is 34.2 Å². The molecule has 2 aliphatic heterocycles. The van der Waals surface area contributed by atoms with Crippen molar-refractivity contribution in [1.82, 2.24) is 15.5 Å². The van der Waals surface area contributed by atoms with Gasteiger partial charge in [-0.2, -0.15) is 0 Å². The van der Waals surface area contributed by atoms with Crippen LogP contribution in [0.3, 0.4) is 0 Å². The Bertz CT molecular complexity index is 1150. The molecular formula is C21H15BrClN3O5. The van der Waals surface area contributed by atoms with Gasteiger partial charge < -0.3 is 5.32 Å². The van der Waals surface area contributed by atoms with Crippen LogP contribution in [-0.2, 0) is 16.1 Å². The minimum atomic E-state index is -1.05. The van der Waals surface area contributed by atoms with Crippen LogP contribution >= 0.6 is 27.5 Å². The van der Waals surface area contributed by atoms with Crippen molar-refractivity contribution < 1.29 is 24.0 Å². The van der Waals surface area contributed by atoms with Crippen LogP contribution in [0.2, 0.25) is 5.02 Å². The van der Waals surface area contributed by atoms with Gasteiger partial charge in [-0.15, -0.1) is 0 Å².